The molecule has 2 aromatic heterocycles. The monoisotopic (exact) mass is 412 g/mol. The number of nitrogens with two attached hydrogens (primary N) is 1. The van der Waals surface area contributed by atoms with E-state index in [1.54, 1.807) is 16.9 Å². The van der Waals surface area contributed by atoms with Crippen molar-refractivity contribution in [3.8, 4) is 34.2 Å². The number of H-pyrrole nitrogens is 1. The van der Waals surface area contributed by atoms with Crippen molar-refractivity contribution in [1.82, 2.24) is 20.0 Å². The van der Waals surface area contributed by atoms with E-state index in [1.165, 1.54) is 0 Å². The number of ether oxygens (including phenoxy) is 1. The van der Waals surface area contributed by atoms with Gasteiger partial charge < -0.3 is 10.5 Å². The number of nitrogens with zero attached hydrogens (tertiary/aromatic N) is 4. The van der Waals surface area contributed by atoms with Gasteiger partial charge in [-0.1, -0.05) is 18.2 Å². The maximum atomic E-state index is 12.2. The molecule has 3 N–H and O–H groups in total. The van der Waals surface area contributed by atoms with Gasteiger partial charge in [-0.05, 0) is 36.6 Å². The van der Waals surface area contributed by atoms with Crippen LogP contribution in [0.1, 0.15) is 24.1 Å². The summed E-state index contributed by atoms with van der Waals surface area (Å²) >= 11 is 0. The predicted molar refractivity (Wildman–Crippen MR) is 116 cm³/mol. The van der Waals surface area contributed by atoms with Gasteiger partial charge in [-0.3, -0.25) is 9.48 Å². The van der Waals surface area contributed by atoms with Crippen LogP contribution in [0.15, 0.2) is 47.4 Å². The quantitative estimate of drug-likeness (QED) is 0.520. The van der Waals surface area contributed by atoms with Crippen molar-refractivity contribution in [2.45, 2.75) is 25.5 Å². The molecule has 0 saturated heterocycles. The fraction of sp³-hybridized carbons (Fsp3) is 0.217. The van der Waals surface area contributed by atoms with Crippen LogP contribution in [0.5, 0.6) is 5.75 Å². The molecule has 0 radical (unpaired) electrons. The minimum absolute atomic E-state index is 0.189. The largest absolute Gasteiger partial charge is 0.489 e. The standard InChI is InChI=1S/C23H20N6O2/c1-29-22(15-3-2-4-21(18(15)10-24)31-14-6-7-14)19(12-26-29)13-5-8-16-17(9-13)20(11-25)27-28-23(16)30/h2-5,8-9,12,14H,6-7,11,25H2,1H3,(H,28,30). The van der Waals surface area contributed by atoms with Gasteiger partial charge >= 0.3 is 0 Å². The van der Waals surface area contributed by atoms with Crippen LogP contribution in [0.25, 0.3) is 33.2 Å². The number of aromatic amines is 1. The van der Waals surface area contributed by atoms with Crippen molar-refractivity contribution < 1.29 is 4.74 Å². The molecule has 0 unspecified atom stereocenters. The molecule has 1 saturated carbocycles. The molecule has 8 nitrogen and oxygen atoms in total. The van der Waals surface area contributed by atoms with Crippen molar-refractivity contribution in [3.63, 3.8) is 0 Å². The molecule has 2 heterocycles. The van der Waals surface area contributed by atoms with Gasteiger partial charge in [-0.15, -0.1) is 0 Å². The third-order valence-corrected chi connectivity index (χ3v) is 5.52. The van der Waals surface area contributed by atoms with E-state index < -0.39 is 0 Å². The average Bonchev–Trinajstić information content (AvgIpc) is 3.52. The van der Waals surface area contributed by atoms with Gasteiger partial charge in [0.25, 0.3) is 5.56 Å². The average molecular weight is 412 g/mol. The highest BCUT2D eigenvalue weighted by Gasteiger charge is 2.26. The van der Waals surface area contributed by atoms with E-state index in [4.69, 9.17) is 10.5 Å². The van der Waals surface area contributed by atoms with Gasteiger partial charge in [0.15, 0.2) is 0 Å². The lowest BCUT2D eigenvalue weighted by molar-refractivity contribution is 0.302. The van der Waals surface area contributed by atoms with Crippen LogP contribution < -0.4 is 16.0 Å². The normalized spacial score (nSPS) is 13.3. The number of aromatic nitrogens is 4. The first-order valence-electron chi connectivity index (χ1n) is 10.0. The molecule has 0 amide bonds. The van der Waals surface area contributed by atoms with E-state index in [1.807, 2.05) is 37.4 Å². The highest BCUT2D eigenvalue weighted by molar-refractivity contribution is 5.92. The maximum absolute atomic E-state index is 12.2. The van der Waals surface area contributed by atoms with E-state index in [9.17, 15) is 10.1 Å². The number of hydrogen-bond donors (Lipinski definition) is 2. The molecule has 8 heteroatoms. The van der Waals surface area contributed by atoms with Gasteiger partial charge in [0.2, 0.25) is 0 Å². The zero-order chi connectivity index (χ0) is 21.5. The topological polar surface area (TPSA) is 123 Å². The molecule has 0 atom stereocenters. The first-order valence-corrected chi connectivity index (χ1v) is 10.0. The Labute approximate surface area is 177 Å². The summed E-state index contributed by atoms with van der Waals surface area (Å²) < 4.78 is 7.71. The number of aryl methyl sites for hydroxylation is 1. The molecule has 0 bridgehead atoms. The van der Waals surface area contributed by atoms with E-state index in [-0.39, 0.29) is 18.2 Å². The lowest BCUT2D eigenvalue weighted by atomic mass is 9.96. The van der Waals surface area contributed by atoms with E-state index in [0.29, 0.717) is 27.8 Å². The molecular formula is C23H20N6O2. The third kappa shape index (κ3) is 3.25. The molecule has 4 aromatic rings. The molecule has 2 aromatic carbocycles. The molecule has 5 rings (SSSR count). The fourth-order valence-electron chi connectivity index (χ4n) is 3.82. The van der Waals surface area contributed by atoms with Crippen LogP contribution in [0, 0.1) is 11.3 Å². The summed E-state index contributed by atoms with van der Waals surface area (Å²) in [6, 6.07) is 13.5. The number of fused-ring (bicyclic) bond motifs is 1. The molecule has 0 aliphatic heterocycles. The third-order valence-electron chi connectivity index (χ3n) is 5.52. The first kappa shape index (κ1) is 19.0. The number of nitriles is 1. The Morgan fingerprint density at radius 2 is 2.10 bits per heavy atom. The second-order valence-electron chi connectivity index (χ2n) is 7.60. The predicted octanol–water partition coefficient (Wildman–Crippen LogP) is 2.86. The molecule has 154 valence electrons. The number of nitrogens with one attached hydrogen (secondary N) is 1. The van der Waals surface area contributed by atoms with Gasteiger partial charge in [0.05, 0.1) is 29.1 Å². The molecule has 1 aliphatic rings. The Kier molecular flexibility index (Phi) is 4.53. The van der Waals surface area contributed by atoms with E-state index in [0.717, 1.165) is 35.2 Å². The lowest BCUT2D eigenvalue weighted by Crippen LogP contribution is -2.13. The summed E-state index contributed by atoms with van der Waals surface area (Å²) in [4.78, 5) is 12.2. The van der Waals surface area contributed by atoms with E-state index >= 15 is 0 Å². The molecule has 0 spiro atoms. The molecule has 31 heavy (non-hydrogen) atoms. The SMILES string of the molecule is Cn1ncc(-c2ccc3c(=O)[nH]nc(CN)c3c2)c1-c1cccc(OC2CC2)c1C#N. The highest BCUT2D eigenvalue weighted by Crippen LogP contribution is 2.38. The summed E-state index contributed by atoms with van der Waals surface area (Å²) in [5.74, 6) is 0.592. The summed E-state index contributed by atoms with van der Waals surface area (Å²) in [7, 11) is 1.84. The molecular weight excluding hydrogens is 392 g/mol. The number of rotatable bonds is 5. The Hall–Kier alpha value is -3.96. The summed E-state index contributed by atoms with van der Waals surface area (Å²) in [6.07, 6.45) is 3.98. The van der Waals surface area contributed by atoms with Gasteiger partial charge in [0.1, 0.15) is 17.4 Å². The zero-order valence-corrected chi connectivity index (χ0v) is 16.9. The van der Waals surface area contributed by atoms with Crippen LogP contribution in [-0.4, -0.2) is 26.1 Å². The second kappa shape index (κ2) is 7.38. The van der Waals surface area contributed by atoms with Crippen molar-refractivity contribution >= 4 is 10.8 Å². The minimum atomic E-state index is -0.262. The van der Waals surface area contributed by atoms with Crippen molar-refractivity contribution in [1.29, 1.82) is 5.26 Å². The zero-order valence-electron chi connectivity index (χ0n) is 16.9. The Morgan fingerprint density at radius 3 is 2.84 bits per heavy atom. The number of hydrogen-bond acceptors (Lipinski definition) is 6. The van der Waals surface area contributed by atoms with Crippen molar-refractivity contribution in [2.75, 3.05) is 0 Å². The second-order valence-corrected chi connectivity index (χ2v) is 7.60. The number of benzene rings is 2. The van der Waals surface area contributed by atoms with Crippen LogP contribution in [0.2, 0.25) is 0 Å². The van der Waals surface area contributed by atoms with Crippen LogP contribution in [0.4, 0.5) is 0 Å². The lowest BCUT2D eigenvalue weighted by Gasteiger charge is -2.13. The smallest absolute Gasteiger partial charge is 0.272 e. The van der Waals surface area contributed by atoms with Crippen LogP contribution >= 0.6 is 0 Å². The highest BCUT2D eigenvalue weighted by atomic mass is 16.5. The Morgan fingerprint density at radius 1 is 1.26 bits per heavy atom. The van der Waals surface area contributed by atoms with Crippen LogP contribution in [0.3, 0.4) is 0 Å². The summed E-state index contributed by atoms with van der Waals surface area (Å²) in [6.45, 7) is 0.204. The minimum Gasteiger partial charge on any atom is -0.489 e. The van der Waals surface area contributed by atoms with Crippen molar-refractivity contribution in [2.24, 2.45) is 12.8 Å². The van der Waals surface area contributed by atoms with E-state index in [2.05, 4.69) is 21.4 Å². The van der Waals surface area contributed by atoms with Gasteiger partial charge in [0, 0.05) is 30.1 Å². The summed E-state index contributed by atoms with van der Waals surface area (Å²) in [5.41, 5.74) is 9.91. The maximum Gasteiger partial charge on any atom is 0.272 e. The molecule has 1 fully saturated rings. The van der Waals surface area contributed by atoms with Gasteiger partial charge in [-0.25, -0.2) is 5.10 Å². The first-order chi connectivity index (χ1) is 15.1. The Balaban J connectivity index is 1.70. The summed E-state index contributed by atoms with van der Waals surface area (Å²) in [5, 5.41) is 22.1. The molecule has 1 aliphatic carbocycles. The Bertz CT molecular complexity index is 1410. The van der Waals surface area contributed by atoms with Crippen molar-refractivity contribution in [3.05, 3.63) is 64.2 Å². The fourth-order valence-corrected chi connectivity index (χ4v) is 3.82. The van der Waals surface area contributed by atoms with Crippen LogP contribution in [-0.2, 0) is 13.6 Å². The van der Waals surface area contributed by atoms with Gasteiger partial charge in [-0.2, -0.15) is 15.5 Å².